The van der Waals surface area contributed by atoms with Gasteiger partial charge in [-0.15, -0.1) is 0 Å². The molecule has 0 fully saturated rings. The number of benzene rings is 2. The Bertz CT molecular complexity index is 686. The van der Waals surface area contributed by atoms with Crippen LogP contribution >= 0.6 is 22.6 Å². The number of halogens is 1. The second-order valence-electron chi connectivity index (χ2n) is 6.54. The van der Waals surface area contributed by atoms with E-state index in [4.69, 9.17) is 9.47 Å². The molecule has 0 bridgehead atoms. The van der Waals surface area contributed by atoms with Crippen LogP contribution in [0.25, 0.3) is 0 Å². The fourth-order valence-electron chi connectivity index (χ4n) is 2.62. The van der Waals surface area contributed by atoms with Gasteiger partial charge in [-0.25, -0.2) is 0 Å². The molecule has 5 heteroatoms. The summed E-state index contributed by atoms with van der Waals surface area (Å²) in [5, 5.41) is 2.81. The molecule has 0 aliphatic rings. The minimum atomic E-state index is -0.182. The number of anilines is 1. The molecule has 1 N–H and O–H groups in total. The van der Waals surface area contributed by atoms with E-state index in [1.807, 2.05) is 48.5 Å². The van der Waals surface area contributed by atoms with Crippen molar-refractivity contribution in [1.82, 2.24) is 0 Å². The van der Waals surface area contributed by atoms with E-state index < -0.39 is 0 Å². The Kier molecular flexibility index (Phi) is 9.45. The zero-order chi connectivity index (χ0) is 19.5. The van der Waals surface area contributed by atoms with E-state index >= 15 is 0 Å². The first-order valence-electron chi connectivity index (χ1n) is 9.51. The van der Waals surface area contributed by atoms with Crippen LogP contribution < -0.4 is 14.8 Å². The summed E-state index contributed by atoms with van der Waals surface area (Å²) in [6.45, 7) is 5.14. The first kappa shape index (κ1) is 21.5. The number of unbranched alkanes of at least 4 members (excludes halogenated alkanes) is 1. The fraction of sp³-hybridized carbons (Fsp3) is 0.409. The Morgan fingerprint density at radius 2 is 1.63 bits per heavy atom. The van der Waals surface area contributed by atoms with Gasteiger partial charge in [-0.2, -0.15) is 0 Å². The molecule has 0 aromatic heterocycles. The van der Waals surface area contributed by atoms with Crippen molar-refractivity contribution < 1.29 is 14.3 Å². The second kappa shape index (κ2) is 11.8. The van der Waals surface area contributed by atoms with Gasteiger partial charge in [0, 0.05) is 9.26 Å². The molecule has 4 nitrogen and oxygen atoms in total. The third kappa shape index (κ3) is 8.20. The van der Waals surface area contributed by atoms with Crippen molar-refractivity contribution in [2.24, 2.45) is 5.92 Å². The van der Waals surface area contributed by atoms with Crippen LogP contribution in [0, 0.1) is 9.49 Å². The van der Waals surface area contributed by atoms with Crippen LogP contribution in [-0.4, -0.2) is 19.1 Å². The maximum absolute atomic E-state index is 12.0. The lowest BCUT2D eigenvalue weighted by atomic mass is 10.0. The minimum absolute atomic E-state index is 0.0267. The van der Waals surface area contributed by atoms with Gasteiger partial charge in [0.15, 0.2) is 6.61 Å². The van der Waals surface area contributed by atoms with Crippen LogP contribution in [0.2, 0.25) is 0 Å². The van der Waals surface area contributed by atoms with Crippen molar-refractivity contribution in [3.63, 3.8) is 0 Å². The van der Waals surface area contributed by atoms with Crippen molar-refractivity contribution >= 4 is 34.2 Å². The Hall–Kier alpha value is -1.76. The fourth-order valence-corrected chi connectivity index (χ4v) is 2.98. The highest BCUT2D eigenvalue weighted by atomic mass is 127. The summed E-state index contributed by atoms with van der Waals surface area (Å²) in [4.78, 5) is 12.0. The first-order chi connectivity index (χ1) is 13.1. The maximum Gasteiger partial charge on any atom is 0.262 e. The number of carbonyl (C=O) groups excluding carboxylic acids is 1. The number of ether oxygens (including phenoxy) is 2. The normalized spacial score (nSPS) is 11.7. The Morgan fingerprint density at radius 3 is 2.22 bits per heavy atom. The van der Waals surface area contributed by atoms with Crippen molar-refractivity contribution in [3.8, 4) is 11.5 Å². The van der Waals surface area contributed by atoms with Gasteiger partial charge in [0.2, 0.25) is 0 Å². The summed E-state index contributed by atoms with van der Waals surface area (Å²) in [5.74, 6) is 1.91. The monoisotopic (exact) mass is 481 g/mol. The molecule has 146 valence electrons. The molecule has 0 radical (unpaired) electrons. The Balaban J connectivity index is 1.74. The Labute approximate surface area is 175 Å². The second-order valence-corrected chi connectivity index (χ2v) is 7.79. The van der Waals surface area contributed by atoms with Gasteiger partial charge in [0.05, 0.1) is 6.61 Å². The van der Waals surface area contributed by atoms with E-state index in [1.165, 1.54) is 19.3 Å². The molecule has 0 saturated carbocycles. The summed E-state index contributed by atoms with van der Waals surface area (Å²) < 4.78 is 12.6. The Morgan fingerprint density at radius 1 is 1.00 bits per heavy atom. The maximum atomic E-state index is 12.0. The molecule has 2 rings (SSSR count). The van der Waals surface area contributed by atoms with Gasteiger partial charge in [0.1, 0.15) is 11.5 Å². The molecule has 2 aromatic carbocycles. The molecule has 1 unspecified atom stereocenters. The van der Waals surface area contributed by atoms with Crippen molar-refractivity contribution in [1.29, 1.82) is 0 Å². The van der Waals surface area contributed by atoms with E-state index in [1.54, 1.807) is 0 Å². The molecule has 27 heavy (non-hydrogen) atoms. The number of amides is 1. The summed E-state index contributed by atoms with van der Waals surface area (Å²) in [7, 11) is 0. The van der Waals surface area contributed by atoms with E-state index in [9.17, 15) is 4.79 Å². The number of nitrogens with one attached hydrogen (secondary N) is 1. The number of carbonyl (C=O) groups is 1. The molecule has 0 aliphatic carbocycles. The topological polar surface area (TPSA) is 47.6 Å². The SMILES string of the molecule is CCCCC(CC)COc1ccc(OCC(=O)Nc2ccc(I)cc2)cc1. The summed E-state index contributed by atoms with van der Waals surface area (Å²) in [6.07, 6.45) is 4.82. The first-order valence-corrected chi connectivity index (χ1v) is 10.6. The standard InChI is InChI=1S/C22H28INO3/c1-3-5-6-17(4-2)15-26-20-11-13-21(14-12-20)27-16-22(25)24-19-9-7-18(23)8-10-19/h7-14,17H,3-6,15-16H2,1-2H3,(H,24,25). The molecular formula is C22H28INO3. The average Bonchev–Trinajstić information content (AvgIpc) is 2.69. The molecule has 1 atom stereocenters. The van der Waals surface area contributed by atoms with Crippen LogP contribution in [0.4, 0.5) is 5.69 Å². The third-order valence-electron chi connectivity index (χ3n) is 4.35. The van der Waals surface area contributed by atoms with Crippen LogP contribution in [0.3, 0.4) is 0 Å². The van der Waals surface area contributed by atoms with Crippen LogP contribution in [0.5, 0.6) is 11.5 Å². The molecule has 2 aromatic rings. The van der Waals surface area contributed by atoms with Gasteiger partial charge in [-0.05, 0) is 83.5 Å². The largest absolute Gasteiger partial charge is 0.493 e. The summed E-state index contributed by atoms with van der Waals surface area (Å²) in [6, 6.07) is 15.1. The predicted molar refractivity (Wildman–Crippen MR) is 119 cm³/mol. The van der Waals surface area contributed by atoms with Gasteiger partial charge >= 0.3 is 0 Å². The lowest BCUT2D eigenvalue weighted by Crippen LogP contribution is -2.20. The van der Waals surface area contributed by atoms with E-state index in [0.717, 1.165) is 28.0 Å². The lowest BCUT2D eigenvalue weighted by Gasteiger charge is -2.15. The number of rotatable bonds is 11. The average molecular weight is 481 g/mol. The molecule has 1 amide bonds. The smallest absolute Gasteiger partial charge is 0.262 e. The molecule has 0 saturated heterocycles. The number of hydrogen-bond acceptors (Lipinski definition) is 3. The van der Waals surface area contributed by atoms with E-state index in [0.29, 0.717) is 11.7 Å². The van der Waals surface area contributed by atoms with Gasteiger partial charge in [-0.1, -0.05) is 33.1 Å². The molecule has 0 heterocycles. The third-order valence-corrected chi connectivity index (χ3v) is 5.07. The molecule has 0 spiro atoms. The molecule has 0 aliphatic heterocycles. The van der Waals surface area contributed by atoms with Crippen molar-refractivity contribution in [2.45, 2.75) is 39.5 Å². The zero-order valence-corrected chi connectivity index (χ0v) is 18.2. The van der Waals surface area contributed by atoms with E-state index in [2.05, 4.69) is 41.8 Å². The summed E-state index contributed by atoms with van der Waals surface area (Å²) >= 11 is 2.23. The van der Waals surface area contributed by atoms with Gasteiger partial charge in [-0.3, -0.25) is 4.79 Å². The van der Waals surface area contributed by atoms with Crippen molar-refractivity contribution in [3.05, 3.63) is 52.1 Å². The quantitative estimate of drug-likeness (QED) is 0.407. The predicted octanol–water partition coefficient (Wildman–Crippen LogP) is 5.90. The highest BCUT2D eigenvalue weighted by Gasteiger charge is 2.08. The minimum Gasteiger partial charge on any atom is -0.493 e. The van der Waals surface area contributed by atoms with Crippen LogP contribution in [0.15, 0.2) is 48.5 Å². The molecular weight excluding hydrogens is 453 g/mol. The van der Waals surface area contributed by atoms with E-state index in [-0.39, 0.29) is 12.5 Å². The zero-order valence-electron chi connectivity index (χ0n) is 16.0. The van der Waals surface area contributed by atoms with Gasteiger partial charge in [0.25, 0.3) is 5.91 Å². The highest BCUT2D eigenvalue weighted by molar-refractivity contribution is 14.1. The lowest BCUT2D eigenvalue weighted by molar-refractivity contribution is -0.118. The number of hydrogen-bond donors (Lipinski definition) is 1. The summed E-state index contributed by atoms with van der Waals surface area (Å²) in [5.41, 5.74) is 0.765. The highest BCUT2D eigenvalue weighted by Crippen LogP contribution is 2.20. The van der Waals surface area contributed by atoms with Crippen molar-refractivity contribution in [2.75, 3.05) is 18.5 Å². The van der Waals surface area contributed by atoms with Crippen LogP contribution in [0.1, 0.15) is 39.5 Å². The van der Waals surface area contributed by atoms with Gasteiger partial charge < -0.3 is 14.8 Å². The van der Waals surface area contributed by atoms with Crippen LogP contribution in [-0.2, 0) is 4.79 Å².